The SMILES string of the molecule is COc1ccccc1CCNC(=O)CCN(C(C)=O)c1ccc(C(C)=O)cc1. The minimum absolute atomic E-state index is 0.0321. The third kappa shape index (κ3) is 5.94. The van der Waals surface area contributed by atoms with Gasteiger partial charge in [0.15, 0.2) is 5.78 Å². The Morgan fingerprint density at radius 2 is 1.68 bits per heavy atom. The number of nitrogens with zero attached hydrogens (tertiary/aromatic N) is 1. The number of methoxy groups -OCH3 is 1. The van der Waals surface area contributed by atoms with Crippen LogP contribution in [0.1, 0.15) is 36.2 Å². The number of hydrogen-bond donors (Lipinski definition) is 1. The predicted molar refractivity (Wildman–Crippen MR) is 109 cm³/mol. The molecule has 0 unspecified atom stereocenters. The van der Waals surface area contributed by atoms with Gasteiger partial charge in [0.05, 0.1) is 7.11 Å². The summed E-state index contributed by atoms with van der Waals surface area (Å²) in [5.41, 5.74) is 2.28. The zero-order chi connectivity index (χ0) is 20.5. The van der Waals surface area contributed by atoms with E-state index in [1.807, 2.05) is 24.3 Å². The van der Waals surface area contributed by atoms with Crippen molar-refractivity contribution in [3.63, 3.8) is 0 Å². The quantitative estimate of drug-likeness (QED) is 0.677. The number of hydrogen-bond acceptors (Lipinski definition) is 4. The Bertz CT molecular complexity index is 831. The van der Waals surface area contributed by atoms with Gasteiger partial charge in [0, 0.05) is 37.7 Å². The first-order valence-electron chi connectivity index (χ1n) is 9.20. The highest BCUT2D eigenvalue weighted by Gasteiger charge is 2.14. The van der Waals surface area contributed by atoms with E-state index in [2.05, 4.69) is 5.32 Å². The summed E-state index contributed by atoms with van der Waals surface area (Å²) in [7, 11) is 1.62. The van der Waals surface area contributed by atoms with Crippen molar-refractivity contribution < 1.29 is 19.1 Å². The van der Waals surface area contributed by atoms with E-state index in [1.165, 1.54) is 18.7 Å². The molecule has 6 nitrogen and oxygen atoms in total. The summed E-state index contributed by atoms with van der Waals surface area (Å²) >= 11 is 0. The van der Waals surface area contributed by atoms with Gasteiger partial charge in [-0.15, -0.1) is 0 Å². The Morgan fingerprint density at radius 1 is 1.00 bits per heavy atom. The number of ketones is 1. The minimum atomic E-state index is -0.155. The van der Waals surface area contributed by atoms with E-state index in [9.17, 15) is 14.4 Å². The molecule has 1 N–H and O–H groups in total. The lowest BCUT2D eigenvalue weighted by molar-refractivity contribution is -0.121. The predicted octanol–water partition coefficient (Wildman–Crippen LogP) is 3.00. The fourth-order valence-electron chi connectivity index (χ4n) is 2.89. The Balaban J connectivity index is 1.86. The zero-order valence-corrected chi connectivity index (χ0v) is 16.5. The van der Waals surface area contributed by atoms with Crippen molar-refractivity contribution >= 4 is 23.3 Å². The Kier molecular flexibility index (Phi) is 7.75. The van der Waals surface area contributed by atoms with Gasteiger partial charge in [-0.3, -0.25) is 14.4 Å². The monoisotopic (exact) mass is 382 g/mol. The molecule has 0 radical (unpaired) electrons. The number of Topliss-reactive ketones (excluding diaryl/α,β-unsaturated/α-hetero) is 1. The van der Waals surface area contributed by atoms with Crippen LogP contribution in [0.25, 0.3) is 0 Å². The molecular formula is C22H26N2O4. The molecule has 2 rings (SSSR count). The summed E-state index contributed by atoms with van der Waals surface area (Å²) in [6.45, 7) is 3.72. The van der Waals surface area contributed by atoms with Crippen LogP contribution in [0.2, 0.25) is 0 Å². The van der Waals surface area contributed by atoms with E-state index in [0.717, 1.165) is 11.3 Å². The second kappa shape index (κ2) is 10.3. The number of rotatable bonds is 9. The lowest BCUT2D eigenvalue weighted by Gasteiger charge is -2.21. The van der Waals surface area contributed by atoms with Gasteiger partial charge in [-0.1, -0.05) is 18.2 Å². The van der Waals surface area contributed by atoms with Crippen molar-refractivity contribution in [1.82, 2.24) is 5.32 Å². The smallest absolute Gasteiger partial charge is 0.223 e. The minimum Gasteiger partial charge on any atom is -0.496 e. The Morgan fingerprint density at radius 3 is 2.29 bits per heavy atom. The lowest BCUT2D eigenvalue weighted by atomic mass is 10.1. The molecule has 0 aliphatic carbocycles. The van der Waals surface area contributed by atoms with Crippen molar-refractivity contribution in [1.29, 1.82) is 0 Å². The summed E-state index contributed by atoms with van der Waals surface area (Å²) < 4.78 is 5.30. The first-order valence-corrected chi connectivity index (χ1v) is 9.20. The number of anilines is 1. The molecule has 148 valence electrons. The molecule has 0 saturated carbocycles. The van der Waals surface area contributed by atoms with Crippen LogP contribution in [0, 0.1) is 0 Å². The van der Waals surface area contributed by atoms with E-state index in [-0.39, 0.29) is 30.6 Å². The van der Waals surface area contributed by atoms with Crippen molar-refractivity contribution in [3.05, 3.63) is 59.7 Å². The molecule has 0 aliphatic heterocycles. The van der Waals surface area contributed by atoms with Crippen LogP contribution in [0.5, 0.6) is 5.75 Å². The van der Waals surface area contributed by atoms with Gasteiger partial charge in [-0.05, 0) is 49.2 Å². The number of nitrogens with one attached hydrogen (secondary N) is 1. The molecule has 0 saturated heterocycles. The molecular weight excluding hydrogens is 356 g/mol. The number of amides is 2. The highest BCUT2D eigenvalue weighted by molar-refractivity contribution is 5.96. The average molecular weight is 382 g/mol. The third-order valence-corrected chi connectivity index (χ3v) is 4.44. The maximum atomic E-state index is 12.2. The molecule has 0 atom stereocenters. The topological polar surface area (TPSA) is 75.7 Å². The Labute approximate surface area is 165 Å². The molecule has 0 aromatic heterocycles. The van der Waals surface area contributed by atoms with Gasteiger partial charge < -0.3 is 15.0 Å². The van der Waals surface area contributed by atoms with E-state index >= 15 is 0 Å². The average Bonchev–Trinajstić information content (AvgIpc) is 2.68. The maximum Gasteiger partial charge on any atom is 0.223 e. The van der Waals surface area contributed by atoms with Crippen LogP contribution in [0.4, 0.5) is 5.69 Å². The van der Waals surface area contributed by atoms with Gasteiger partial charge >= 0.3 is 0 Å². The van der Waals surface area contributed by atoms with E-state index < -0.39 is 0 Å². The second-order valence-corrected chi connectivity index (χ2v) is 6.44. The largest absolute Gasteiger partial charge is 0.496 e. The molecule has 28 heavy (non-hydrogen) atoms. The molecule has 2 aromatic rings. The number of carbonyl (C=O) groups is 3. The number of ether oxygens (including phenoxy) is 1. The van der Waals surface area contributed by atoms with Crippen molar-refractivity contribution in [2.24, 2.45) is 0 Å². The molecule has 2 amide bonds. The van der Waals surface area contributed by atoms with Crippen molar-refractivity contribution in [2.45, 2.75) is 26.7 Å². The fourth-order valence-corrected chi connectivity index (χ4v) is 2.89. The molecule has 0 bridgehead atoms. The summed E-state index contributed by atoms with van der Waals surface area (Å²) in [4.78, 5) is 37.0. The first kappa shape index (κ1) is 21.2. The van der Waals surface area contributed by atoms with Crippen LogP contribution in [-0.2, 0) is 16.0 Å². The van der Waals surface area contributed by atoms with Crippen molar-refractivity contribution in [3.8, 4) is 5.75 Å². The lowest BCUT2D eigenvalue weighted by Crippen LogP contribution is -2.34. The molecule has 0 aliphatic rings. The van der Waals surface area contributed by atoms with E-state index in [0.29, 0.717) is 24.2 Å². The summed E-state index contributed by atoms with van der Waals surface area (Å²) in [5.74, 6) is 0.489. The van der Waals surface area contributed by atoms with Crippen LogP contribution in [0.3, 0.4) is 0 Å². The van der Waals surface area contributed by atoms with Gasteiger partial charge in [0.2, 0.25) is 11.8 Å². The summed E-state index contributed by atoms with van der Waals surface area (Å²) in [5, 5.41) is 2.88. The maximum absolute atomic E-state index is 12.2. The van der Waals surface area contributed by atoms with Crippen molar-refractivity contribution in [2.75, 3.05) is 25.1 Å². The standard InChI is InChI=1S/C22H26N2O4/c1-16(25)18-8-10-20(11-9-18)24(17(2)26)15-13-22(27)23-14-12-19-6-4-5-7-21(19)28-3/h4-11H,12-15H2,1-3H3,(H,23,27). The zero-order valence-electron chi connectivity index (χ0n) is 16.5. The van der Waals surface area contributed by atoms with E-state index in [4.69, 9.17) is 4.74 Å². The molecule has 0 heterocycles. The number of para-hydroxylation sites is 1. The van der Waals surface area contributed by atoms with Crippen LogP contribution in [0.15, 0.2) is 48.5 Å². The molecule has 0 spiro atoms. The van der Waals surface area contributed by atoms with Crippen LogP contribution in [-0.4, -0.2) is 37.8 Å². The summed E-state index contributed by atoms with van der Waals surface area (Å²) in [6.07, 6.45) is 0.860. The molecule has 2 aromatic carbocycles. The fraction of sp³-hybridized carbons (Fsp3) is 0.318. The van der Waals surface area contributed by atoms with Gasteiger partial charge in [0.25, 0.3) is 0 Å². The first-order chi connectivity index (χ1) is 13.4. The van der Waals surface area contributed by atoms with Gasteiger partial charge in [0.1, 0.15) is 5.75 Å². The van der Waals surface area contributed by atoms with Gasteiger partial charge in [-0.25, -0.2) is 0 Å². The normalized spacial score (nSPS) is 10.2. The molecule has 6 heteroatoms. The van der Waals surface area contributed by atoms with E-state index in [1.54, 1.807) is 31.4 Å². The number of carbonyl (C=O) groups excluding carboxylic acids is 3. The molecule has 0 fully saturated rings. The summed E-state index contributed by atoms with van der Waals surface area (Å²) in [6, 6.07) is 14.5. The van der Waals surface area contributed by atoms with Crippen LogP contribution < -0.4 is 15.0 Å². The second-order valence-electron chi connectivity index (χ2n) is 6.44. The highest BCUT2D eigenvalue weighted by atomic mass is 16.5. The van der Waals surface area contributed by atoms with Gasteiger partial charge in [-0.2, -0.15) is 0 Å². The van der Waals surface area contributed by atoms with Crippen LogP contribution >= 0.6 is 0 Å². The highest BCUT2D eigenvalue weighted by Crippen LogP contribution is 2.18. The third-order valence-electron chi connectivity index (χ3n) is 4.44. The Hall–Kier alpha value is -3.15. The number of benzene rings is 2.